The summed E-state index contributed by atoms with van der Waals surface area (Å²) < 4.78 is 20.2. The fraction of sp³-hybridized carbons (Fsp3) is 0.182. The van der Waals surface area contributed by atoms with E-state index >= 15 is 0 Å². The molecular formula is C22H25O2PSi-. The van der Waals surface area contributed by atoms with Gasteiger partial charge in [0.2, 0.25) is 0 Å². The number of rotatable bonds is 6. The summed E-state index contributed by atoms with van der Waals surface area (Å²) in [5, 5.41) is 2.57. The summed E-state index contributed by atoms with van der Waals surface area (Å²) in [6, 6.07) is 27.6. The normalized spacial score (nSPS) is 12.1. The van der Waals surface area contributed by atoms with E-state index in [1.54, 1.807) is 0 Å². The molecule has 0 aromatic heterocycles. The molecule has 0 spiro atoms. The molecule has 0 saturated heterocycles. The van der Waals surface area contributed by atoms with Crippen molar-refractivity contribution in [2.24, 2.45) is 0 Å². The van der Waals surface area contributed by atoms with E-state index in [-0.39, 0.29) is 0 Å². The molecule has 0 heterocycles. The van der Waals surface area contributed by atoms with Crippen molar-refractivity contribution in [3.8, 4) is 0 Å². The standard InChI is InChI=1S/C22H25O2PSi/c1-26(2,3)24-18-19-14-16-22(17-15-19)25(23,20-10-6-4-7-11-20)21-12-8-5-9-13-21/h4-17H,18H2,1-3H3/q-1. The van der Waals surface area contributed by atoms with Gasteiger partial charge in [0.15, 0.2) is 7.14 Å². The summed E-state index contributed by atoms with van der Waals surface area (Å²) >= 11 is 0. The van der Waals surface area contributed by atoms with Crippen LogP contribution in [-0.2, 0) is 15.6 Å². The van der Waals surface area contributed by atoms with Gasteiger partial charge in [-0.25, -0.2) is 0 Å². The van der Waals surface area contributed by atoms with Crippen molar-refractivity contribution >= 4 is 31.4 Å². The zero-order chi connectivity index (χ0) is 18.6. The Labute approximate surface area is 157 Å². The first kappa shape index (κ1) is 18.8. The van der Waals surface area contributed by atoms with Crippen LogP contribution in [0.2, 0.25) is 19.6 Å². The van der Waals surface area contributed by atoms with E-state index < -0.39 is 15.5 Å². The molecule has 4 heteroatoms. The maximum Gasteiger partial charge on any atom is 0.171 e. The third-order valence-electron chi connectivity index (χ3n) is 4.21. The van der Waals surface area contributed by atoms with Gasteiger partial charge in [-0.3, -0.25) is 0 Å². The third-order valence-corrected chi connectivity index (χ3v) is 8.30. The molecule has 0 saturated carbocycles. The van der Waals surface area contributed by atoms with Gasteiger partial charge in [-0.1, -0.05) is 84.9 Å². The molecule has 0 fully saturated rings. The predicted octanol–water partition coefficient (Wildman–Crippen LogP) is 4.68. The van der Waals surface area contributed by atoms with Crippen LogP contribution >= 0.6 is 7.14 Å². The van der Waals surface area contributed by atoms with E-state index in [4.69, 9.17) is 4.43 Å². The molecular weight excluding hydrogens is 355 g/mol. The van der Waals surface area contributed by atoms with E-state index in [0.29, 0.717) is 6.61 Å². The van der Waals surface area contributed by atoms with Crippen LogP contribution in [0.1, 0.15) is 5.56 Å². The summed E-state index contributed by atoms with van der Waals surface area (Å²) in [5.41, 5.74) is 1.11. The molecule has 26 heavy (non-hydrogen) atoms. The topological polar surface area (TPSA) is 26.3 Å². The van der Waals surface area contributed by atoms with Crippen molar-refractivity contribution in [1.29, 1.82) is 0 Å². The van der Waals surface area contributed by atoms with Crippen molar-refractivity contribution in [2.75, 3.05) is 0 Å². The summed E-state index contributed by atoms with van der Waals surface area (Å²) in [6.07, 6.45) is 0. The molecule has 0 aliphatic heterocycles. The Morgan fingerprint density at radius 1 is 0.692 bits per heavy atom. The smallest absolute Gasteiger partial charge is 0.171 e. The van der Waals surface area contributed by atoms with E-state index in [1.807, 2.05) is 84.9 Å². The van der Waals surface area contributed by atoms with Gasteiger partial charge in [-0.05, 0) is 13.9 Å². The first-order chi connectivity index (χ1) is 12.4. The Hall–Kier alpha value is -1.93. The zero-order valence-corrected chi connectivity index (χ0v) is 17.4. The van der Waals surface area contributed by atoms with Crippen molar-refractivity contribution in [1.82, 2.24) is 0 Å². The second kappa shape index (κ2) is 7.75. The molecule has 2 nitrogen and oxygen atoms in total. The van der Waals surface area contributed by atoms with Gasteiger partial charge in [0.05, 0.1) is 0 Å². The molecule has 0 aliphatic rings. The number of benzene rings is 3. The molecule has 0 atom stereocenters. The lowest BCUT2D eigenvalue weighted by Gasteiger charge is -2.30. The largest absolute Gasteiger partial charge is 0.562 e. The number of hydrogen-bond acceptors (Lipinski definition) is 2. The molecule has 0 unspecified atom stereocenters. The van der Waals surface area contributed by atoms with Gasteiger partial charge in [-0.15, -0.1) is 19.6 Å². The highest BCUT2D eigenvalue weighted by Gasteiger charge is 2.29. The van der Waals surface area contributed by atoms with Crippen molar-refractivity contribution in [3.05, 3.63) is 90.5 Å². The maximum atomic E-state index is 14.2. The summed E-state index contributed by atoms with van der Waals surface area (Å²) in [4.78, 5) is 0. The average Bonchev–Trinajstić information content (AvgIpc) is 2.67. The Balaban J connectivity index is 2.00. The summed E-state index contributed by atoms with van der Waals surface area (Å²) in [6.45, 7) is 7.15. The highest BCUT2D eigenvalue weighted by molar-refractivity contribution is 7.85. The van der Waals surface area contributed by atoms with Gasteiger partial charge >= 0.3 is 0 Å². The molecule has 3 aromatic carbocycles. The molecule has 0 aliphatic carbocycles. The van der Waals surface area contributed by atoms with E-state index in [9.17, 15) is 4.57 Å². The lowest BCUT2D eigenvalue weighted by atomic mass is 10.2. The minimum absolute atomic E-state index is 0.608. The lowest BCUT2D eigenvalue weighted by Crippen LogP contribution is -2.26. The molecule has 0 radical (unpaired) electrons. The van der Waals surface area contributed by atoms with E-state index in [1.165, 1.54) is 0 Å². The first-order valence-corrected chi connectivity index (χ1v) is 14.0. The van der Waals surface area contributed by atoms with Gasteiger partial charge < -0.3 is 8.99 Å². The Kier molecular flexibility index (Phi) is 5.62. The highest BCUT2D eigenvalue weighted by Crippen LogP contribution is 2.42. The zero-order valence-electron chi connectivity index (χ0n) is 15.6. The van der Waals surface area contributed by atoms with Crippen LogP contribution in [0.15, 0.2) is 84.9 Å². The molecule has 3 rings (SSSR count). The lowest BCUT2D eigenvalue weighted by molar-refractivity contribution is 0.299. The van der Waals surface area contributed by atoms with Gasteiger partial charge in [-0.2, -0.15) is 0 Å². The Morgan fingerprint density at radius 2 is 1.12 bits per heavy atom. The average molecular weight is 381 g/mol. The predicted molar refractivity (Wildman–Crippen MR) is 114 cm³/mol. The van der Waals surface area contributed by atoms with Crippen molar-refractivity contribution in [2.45, 2.75) is 26.2 Å². The Morgan fingerprint density at radius 3 is 1.54 bits per heavy atom. The minimum atomic E-state index is -2.88. The van der Waals surface area contributed by atoms with Gasteiger partial charge in [0, 0.05) is 22.5 Å². The number of hydrogen-bond donors (Lipinski definition) is 0. The second-order valence-corrected chi connectivity index (χ2v) is 14.6. The summed E-state index contributed by atoms with van der Waals surface area (Å²) in [7, 11) is -4.43. The maximum absolute atomic E-state index is 14.2. The van der Waals surface area contributed by atoms with E-state index in [0.717, 1.165) is 21.5 Å². The Bertz CT molecular complexity index is 841. The molecule has 135 valence electrons. The monoisotopic (exact) mass is 380 g/mol. The minimum Gasteiger partial charge on any atom is -0.562 e. The molecule has 0 N–H and O–H groups in total. The van der Waals surface area contributed by atoms with E-state index in [2.05, 4.69) is 19.6 Å². The van der Waals surface area contributed by atoms with Crippen LogP contribution in [0, 0.1) is 0 Å². The highest BCUT2D eigenvalue weighted by atomic mass is 31.2. The molecule has 0 amide bonds. The summed E-state index contributed by atoms with van der Waals surface area (Å²) in [5.74, 6) is 0. The van der Waals surface area contributed by atoms with Crippen molar-refractivity contribution in [3.63, 3.8) is 0 Å². The first-order valence-electron chi connectivity index (χ1n) is 8.84. The molecule has 3 aromatic rings. The SMILES string of the molecule is C[Si-](C)(C)OCc1ccc(P(=O)(c2ccccc2)c2ccccc2)cc1. The third kappa shape index (κ3) is 4.24. The molecule has 0 bridgehead atoms. The van der Waals surface area contributed by atoms with Crippen LogP contribution in [0.25, 0.3) is 0 Å². The van der Waals surface area contributed by atoms with Gasteiger partial charge in [0.25, 0.3) is 0 Å². The van der Waals surface area contributed by atoms with Crippen LogP contribution in [0.5, 0.6) is 0 Å². The van der Waals surface area contributed by atoms with Crippen LogP contribution in [0.4, 0.5) is 0 Å². The van der Waals surface area contributed by atoms with Gasteiger partial charge in [0.1, 0.15) is 0 Å². The fourth-order valence-corrected chi connectivity index (χ4v) is 6.07. The van der Waals surface area contributed by atoms with Crippen LogP contribution in [0.3, 0.4) is 0 Å². The fourth-order valence-electron chi connectivity index (χ4n) is 2.83. The second-order valence-electron chi connectivity index (χ2n) is 7.35. The quantitative estimate of drug-likeness (QED) is 0.459. The van der Waals surface area contributed by atoms with Crippen LogP contribution < -0.4 is 15.9 Å². The van der Waals surface area contributed by atoms with Crippen LogP contribution in [-0.4, -0.2) is 8.32 Å². The van der Waals surface area contributed by atoms with Crippen molar-refractivity contribution < 1.29 is 8.99 Å².